The molecule has 0 aromatic carbocycles. The molecule has 2 saturated heterocycles. The number of carboxylic acids is 1. The predicted octanol–water partition coefficient (Wildman–Crippen LogP) is 2.70. The highest BCUT2D eigenvalue weighted by Gasteiger charge is 2.34. The molecule has 2 aliphatic rings. The van der Waals surface area contributed by atoms with Crippen molar-refractivity contribution in [2.45, 2.75) is 50.8 Å². The van der Waals surface area contributed by atoms with E-state index in [9.17, 15) is 4.79 Å². The Labute approximate surface area is 114 Å². The molecule has 0 aromatic rings. The van der Waals surface area contributed by atoms with Crippen LogP contribution < -0.4 is 0 Å². The molecule has 0 spiro atoms. The van der Waals surface area contributed by atoms with E-state index >= 15 is 0 Å². The Balaban J connectivity index is 1.89. The predicted molar refractivity (Wildman–Crippen MR) is 76.0 cm³/mol. The zero-order valence-electron chi connectivity index (χ0n) is 11.5. The minimum atomic E-state index is -0.649. The molecule has 0 radical (unpaired) electrons. The lowest BCUT2D eigenvalue weighted by atomic mass is 9.84. The molecule has 4 heteroatoms. The third-order valence-electron chi connectivity index (χ3n) is 4.60. The quantitative estimate of drug-likeness (QED) is 0.853. The van der Waals surface area contributed by atoms with Crippen LogP contribution in [0.25, 0.3) is 0 Å². The molecule has 1 N–H and O–H groups in total. The van der Waals surface area contributed by atoms with Crippen molar-refractivity contribution in [2.75, 3.05) is 18.8 Å². The minimum Gasteiger partial charge on any atom is -0.481 e. The van der Waals surface area contributed by atoms with Crippen molar-refractivity contribution in [1.29, 1.82) is 0 Å². The van der Waals surface area contributed by atoms with Crippen LogP contribution in [0, 0.1) is 11.8 Å². The average Bonchev–Trinajstić information content (AvgIpc) is 2.75. The van der Waals surface area contributed by atoms with Crippen LogP contribution in [0.3, 0.4) is 0 Å². The summed E-state index contributed by atoms with van der Waals surface area (Å²) in [4.78, 5) is 13.5. The van der Waals surface area contributed by atoms with Crippen molar-refractivity contribution in [2.24, 2.45) is 11.8 Å². The first kappa shape index (κ1) is 14.2. The SMILES string of the molecule is CC(CC(=O)O)C1CCCN(C2CCSC2C)C1. The van der Waals surface area contributed by atoms with Crippen LogP contribution in [0.5, 0.6) is 0 Å². The van der Waals surface area contributed by atoms with Gasteiger partial charge in [-0.05, 0) is 43.4 Å². The van der Waals surface area contributed by atoms with Gasteiger partial charge >= 0.3 is 5.97 Å². The van der Waals surface area contributed by atoms with Gasteiger partial charge in [-0.15, -0.1) is 0 Å². The van der Waals surface area contributed by atoms with Gasteiger partial charge in [0, 0.05) is 24.3 Å². The van der Waals surface area contributed by atoms with E-state index in [2.05, 4.69) is 30.5 Å². The van der Waals surface area contributed by atoms with E-state index in [0.29, 0.717) is 18.3 Å². The number of piperidine rings is 1. The topological polar surface area (TPSA) is 40.5 Å². The summed E-state index contributed by atoms with van der Waals surface area (Å²) in [7, 11) is 0. The summed E-state index contributed by atoms with van der Waals surface area (Å²) in [6.07, 6.45) is 4.08. The first-order chi connectivity index (χ1) is 8.58. The van der Waals surface area contributed by atoms with Crippen molar-refractivity contribution in [3.63, 3.8) is 0 Å². The van der Waals surface area contributed by atoms with Gasteiger partial charge in [-0.1, -0.05) is 13.8 Å². The number of aliphatic carboxylic acids is 1. The fourth-order valence-electron chi connectivity index (χ4n) is 3.45. The smallest absolute Gasteiger partial charge is 0.303 e. The van der Waals surface area contributed by atoms with Crippen LogP contribution in [-0.2, 0) is 4.79 Å². The summed E-state index contributed by atoms with van der Waals surface area (Å²) in [6.45, 7) is 6.78. The second kappa shape index (κ2) is 6.29. The van der Waals surface area contributed by atoms with Crippen LogP contribution in [0.1, 0.15) is 39.5 Å². The van der Waals surface area contributed by atoms with E-state index in [4.69, 9.17) is 5.11 Å². The Hall–Kier alpha value is -0.220. The molecule has 3 nitrogen and oxygen atoms in total. The fourth-order valence-corrected chi connectivity index (χ4v) is 4.73. The van der Waals surface area contributed by atoms with E-state index in [0.717, 1.165) is 17.8 Å². The summed E-state index contributed by atoms with van der Waals surface area (Å²) in [6, 6.07) is 0.731. The summed E-state index contributed by atoms with van der Waals surface area (Å²) in [5.74, 6) is 1.53. The van der Waals surface area contributed by atoms with E-state index < -0.39 is 5.97 Å². The van der Waals surface area contributed by atoms with Crippen LogP contribution in [-0.4, -0.2) is 46.1 Å². The molecule has 0 aromatic heterocycles. The Kier molecular flexibility index (Phi) is 4.96. The van der Waals surface area contributed by atoms with Gasteiger partial charge in [0.15, 0.2) is 0 Å². The van der Waals surface area contributed by atoms with Crippen molar-refractivity contribution >= 4 is 17.7 Å². The van der Waals surface area contributed by atoms with Gasteiger partial charge < -0.3 is 5.11 Å². The van der Waals surface area contributed by atoms with E-state index in [1.165, 1.54) is 31.6 Å². The Morgan fingerprint density at radius 3 is 2.89 bits per heavy atom. The lowest BCUT2D eigenvalue weighted by Crippen LogP contribution is -2.46. The number of carboxylic acid groups (broad SMARTS) is 1. The van der Waals surface area contributed by atoms with Gasteiger partial charge in [0.05, 0.1) is 0 Å². The summed E-state index contributed by atoms with van der Waals surface area (Å²) in [5, 5.41) is 9.67. The molecular weight excluding hydrogens is 246 g/mol. The third kappa shape index (κ3) is 3.41. The van der Waals surface area contributed by atoms with Crippen molar-refractivity contribution in [1.82, 2.24) is 4.90 Å². The second-order valence-corrected chi connectivity index (χ2v) is 7.39. The molecule has 2 rings (SSSR count). The fraction of sp³-hybridized carbons (Fsp3) is 0.929. The molecule has 104 valence electrons. The number of rotatable bonds is 4. The van der Waals surface area contributed by atoms with Gasteiger partial charge in [-0.2, -0.15) is 11.8 Å². The van der Waals surface area contributed by atoms with Crippen LogP contribution >= 0.6 is 11.8 Å². The zero-order chi connectivity index (χ0) is 13.1. The molecule has 4 unspecified atom stereocenters. The summed E-state index contributed by atoms with van der Waals surface area (Å²) < 4.78 is 0. The van der Waals surface area contributed by atoms with Gasteiger partial charge in [0.2, 0.25) is 0 Å². The first-order valence-corrected chi connectivity index (χ1v) is 8.20. The molecule has 0 bridgehead atoms. The van der Waals surface area contributed by atoms with Crippen molar-refractivity contribution in [3.8, 4) is 0 Å². The zero-order valence-corrected chi connectivity index (χ0v) is 12.3. The van der Waals surface area contributed by atoms with E-state index in [1.54, 1.807) is 0 Å². The Morgan fingerprint density at radius 1 is 1.50 bits per heavy atom. The maximum atomic E-state index is 10.8. The third-order valence-corrected chi connectivity index (χ3v) is 5.91. The molecule has 0 amide bonds. The van der Waals surface area contributed by atoms with Crippen molar-refractivity contribution < 1.29 is 9.90 Å². The minimum absolute atomic E-state index is 0.315. The molecule has 2 aliphatic heterocycles. The maximum Gasteiger partial charge on any atom is 0.303 e. The number of carbonyl (C=O) groups is 1. The molecule has 4 atom stereocenters. The molecular formula is C14H25NO2S. The lowest BCUT2D eigenvalue weighted by molar-refractivity contribution is -0.138. The van der Waals surface area contributed by atoms with Crippen LogP contribution in [0.2, 0.25) is 0 Å². The Bertz CT molecular complexity index is 298. The number of nitrogens with zero attached hydrogens (tertiary/aromatic N) is 1. The van der Waals surface area contributed by atoms with Gasteiger partial charge in [0.25, 0.3) is 0 Å². The molecule has 0 aliphatic carbocycles. The van der Waals surface area contributed by atoms with Crippen LogP contribution in [0.4, 0.5) is 0 Å². The molecule has 0 saturated carbocycles. The highest BCUT2D eigenvalue weighted by atomic mass is 32.2. The van der Waals surface area contributed by atoms with Crippen LogP contribution in [0.15, 0.2) is 0 Å². The number of hydrogen-bond donors (Lipinski definition) is 1. The van der Waals surface area contributed by atoms with E-state index in [-0.39, 0.29) is 0 Å². The second-order valence-electron chi connectivity index (χ2n) is 5.90. The average molecular weight is 271 g/mol. The first-order valence-electron chi connectivity index (χ1n) is 7.15. The molecule has 18 heavy (non-hydrogen) atoms. The number of likely N-dealkylation sites (tertiary alicyclic amines) is 1. The monoisotopic (exact) mass is 271 g/mol. The van der Waals surface area contributed by atoms with Crippen molar-refractivity contribution in [3.05, 3.63) is 0 Å². The van der Waals surface area contributed by atoms with Gasteiger partial charge in [0.1, 0.15) is 0 Å². The maximum absolute atomic E-state index is 10.8. The van der Waals surface area contributed by atoms with E-state index in [1.807, 2.05) is 0 Å². The number of hydrogen-bond acceptors (Lipinski definition) is 3. The largest absolute Gasteiger partial charge is 0.481 e. The van der Waals surface area contributed by atoms with Gasteiger partial charge in [-0.3, -0.25) is 9.69 Å². The molecule has 2 heterocycles. The normalized spacial score (nSPS) is 35.6. The molecule has 2 fully saturated rings. The summed E-state index contributed by atoms with van der Waals surface area (Å²) >= 11 is 2.08. The van der Waals surface area contributed by atoms with Gasteiger partial charge in [-0.25, -0.2) is 0 Å². The lowest BCUT2D eigenvalue weighted by Gasteiger charge is -2.40. The highest BCUT2D eigenvalue weighted by molar-refractivity contribution is 8.00. The standard InChI is InChI=1S/C14H25NO2S/c1-10(8-14(16)17)12-4-3-6-15(9-12)13-5-7-18-11(13)2/h10-13H,3-9H2,1-2H3,(H,16,17). The highest BCUT2D eigenvalue weighted by Crippen LogP contribution is 2.34. The number of thioether (sulfide) groups is 1. The Morgan fingerprint density at radius 2 is 2.28 bits per heavy atom. The summed E-state index contributed by atoms with van der Waals surface area (Å²) in [5.41, 5.74) is 0.